The Bertz CT molecular complexity index is 463. The molecule has 0 amide bonds. The first-order valence-electron chi connectivity index (χ1n) is 5.50. The normalized spacial score (nSPS) is 12.3. The summed E-state index contributed by atoms with van der Waals surface area (Å²) in [7, 11) is 0. The topological polar surface area (TPSA) is 26.3 Å². The maximum absolute atomic E-state index is 11.8. The second kappa shape index (κ2) is 4.85. The lowest BCUT2D eigenvalue weighted by Gasteiger charge is -2.02. The molecule has 0 spiro atoms. The highest BCUT2D eigenvalue weighted by atomic mass is 16.5. The average molecular weight is 214 g/mol. The van der Waals surface area contributed by atoms with Gasteiger partial charge in [-0.15, -0.1) is 11.8 Å². The van der Waals surface area contributed by atoms with Crippen LogP contribution in [0.4, 0.5) is 0 Å². The molecule has 1 heterocycles. The van der Waals surface area contributed by atoms with Gasteiger partial charge in [-0.3, -0.25) is 4.79 Å². The predicted octanol–water partition coefficient (Wildman–Crippen LogP) is 2.61. The van der Waals surface area contributed by atoms with Crippen molar-refractivity contribution in [1.82, 2.24) is 0 Å². The predicted molar refractivity (Wildman–Crippen MR) is 62.7 cm³/mol. The van der Waals surface area contributed by atoms with Crippen molar-refractivity contribution in [3.63, 3.8) is 0 Å². The fourth-order valence-corrected chi connectivity index (χ4v) is 1.81. The van der Waals surface area contributed by atoms with Crippen LogP contribution in [0.2, 0.25) is 0 Å². The smallest absolute Gasteiger partial charge is 0.163 e. The molecule has 0 radical (unpaired) electrons. The molecule has 0 bridgehead atoms. The minimum absolute atomic E-state index is 0.164. The molecule has 0 saturated carbocycles. The minimum atomic E-state index is 0.164. The van der Waals surface area contributed by atoms with E-state index in [0.717, 1.165) is 29.9 Å². The molecular weight excluding hydrogens is 200 g/mol. The van der Waals surface area contributed by atoms with Crippen LogP contribution in [0.5, 0.6) is 5.75 Å². The Morgan fingerprint density at radius 2 is 2.38 bits per heavy atom. The number of hydrogen-bond acceptors (Lipinski definition) is 2. The lowest BCUT2D eigenvalue weighted by atomic mass is 10.0. The van der Waals surface area contributed by atoms with Gasteiger partial charge in [0.1, 0.15) is 5.75 Å². The van der Waals surface area contributed by atoms with E-state index in [1.807, 2.05) is 18.2 Å². The molecule has 1 aliphatic rings. The molecule has 2 heteroatoms. The molecule has 0 aliphatic carbocycles. The lowest BCUT2D eigenvalue weighted by Crippen LogP contribution is -1.98. The zero-order valence-electron chi connectivity index (χ0n) is 9.38. The number of fused-ring (bicyclic) bond motifs is 1. The van der Waals surface area contributed by atoms with Crippen LogP contribution in [0.15, 0.2) is 18.2 Å². The fourth-order valence-electron chi connectivity index (χ4n) is 1.81. The Labute approximate surface area is 95.6 Å². The van der Waals surface area contributed by atoms with Gasteiger partial charge in [-0.2, -0.15) is 0 Å². The number of carbonyl (C=O) groups excluding carboxylic acids is 1. The second-order valence-corrected chi connectivity index (χ2v) is 3.77. The van der Waals surface area contributed by atoms with Gasteiger partial charge in [0.2, 0.25) is 0 Å². The molecule has 1 aromatic carbocycles. The average Bonchev–Trinajstić information content (AvgIpc) is 2.76. The summed E-state index contributed by atoms with van der Waals surface area (Å²) in [5.74, 6) is 6.79. The fraction of sp³-hybridized carbons (Fsp3) is 0.357. The maximum Gasteiger partial charge on any atom is 0.163 e. The van der Waals surface area contributed by atoms with E-state index in [-0.39, 0.29) is 5.78 Å². The molecule has 0 atom stereocenters. The van der Waals surface area contributed by atoms with Crippen molar-refractivity contribution >= 4 is 5.78 Å². The van der Waals surface area contributed by atoms with Crippen LogP contribution in [-0.4, -0.2) is 12.4 Å². The van der Waals surface area contributed by atoms with Gasteiger partial charge in [-0.1, -0.05) is 0 Å². The molecule has 82 valence electrons. The number of ketones is 1. The van der Waals surface area contributed by atoms with Crippen LogP contribution in [0.1, 0.15) is 35.7 Å². The first-order valence-corrected chi connectivity index (χ1v) is 5.50. The number of rotatable bonds is 3. The number of Topliss-reactive ketones (excluding diaryl/α,β-unsaturated/α-hetero) is 1. The highest BCUT2D eigenvalue weighted by Crippen LogP contribution is 2.26. The van der Waals surface area contributed by atoms with E-state index in [2.05, 4.69) is 11.8 Å². The standard InChI is InChI=1S/C14H14O2/c1-2-3-4-5-13(15)11-6-7-14-12(10-11)8-9-16-14/h6-7,10H,4-5,8-9H2,1H3. The molecule has 16 heavy (non-hydrogen) atoms. The quantitative estimate of drug-likeness (QED) is 0.571. The van der Waals surface area contributed by atoms with Crippen molar-refractivity contribution in [2.45, 2.75) is 26.2 Å². The van der Waals surface area contributed by atoms with Gasteiger partial charge >= 0.3 is 0 Å². The molecule has 0 aromatic heterocycles. The largest absolute Gasteiger partial charge is 0.493 e. The molecule has 0 N–H and O–H groups in total. The third-order valence-electron chi connectivity index (χ3n) is 2.67. The third-order valence-corrected chi connectivity index (χ3v) is 2.67. The van der Waals surface area contributed by atoms with Crippen LogP contribution in [-0.2, 0) is 6.42 Å². The summed E-state index contributed by atoms with van der Waals surface area (Å²) in [6.07, 6.45) is 2.05. The Balaban J connectivity index is 2.08. The van der Waals surface area contributed by atoms with Gasteiger partial charge in [0.05, 0.1) is 6.61 Å². The van der Waals surface area contributed by atoms with Crippen molar-refractivity contribution in [1.29, 1.82) is 0 Å². The number of carbonyl (C=O) groups is 1. The van der Waals surface area contributed by atoms with Crippen molar-refractivity contribution in [3.8, 4) is 17.6 Å². The maximum atomic E-state index is 11.8. The summed E-state index contributed by atoms with van der Waals surface area (Å²) in [5.41, 5.74) is 1.93. The molecule has 2 rings (SSSR count). The van der Waals surface area contributed by atoms with E-state index in [4.69, 9.17) is 4.74 Å². The van der Waals surface area contributed by atoms with Crippen LogP contribution >= 0.6 is 0 Å². The van der Waals surface area contributed by atoms with E-state index in [1.54, 1.807) is 6.92 Å². The lowest BCUT2D eigenvalue weighted by molar-refractivity contribution is 0.0984. The summed E-state index contributed by atoms with van der Waals surface area (Å²) >= 11 is 0. The Hall–Kier alpha value is -1.75. The first-order chi connectivity index (χ1) is 7.81. The number of benzene rings is 1. The van der Waals surface area contributed by atoms with Crippen LogP contribution in [0, 0.1) is 11.8 Å². The summed E-state index contributed by atoms with van der Waals surface area (Å²) in [6.45, 7) is 2.52. The second-order valence-electron chi connectivity index (χ2n) is 3.77. The molecule has 1 aromatic rings. The van der Waals surface area contributed by atoms with E-state index >= 15 is 0 Å². The Kier molecular flexibility index (Phi) is 3.26. The SMILES string of the molecule is CC#CCCC(=O)c1ccc2c(c1)CCO2. The molecular formula is C14H14O2. The summed E-state index contributed by atoms with van der Waals surface area (Å²) in [6, 6.07) is 5.68. The summed E-state index contributed by atoms with van der Waals surface area (Å²) in [4.78, 5) is 11.8. The van der Waals surface area contributed by atoms with Crippen LogP contribution < -0.4 is 4.74 Å². The van der Waals surface area contributed by atoms with Crippen LogP contribution in [0.25, 0.3) is 0 Å². The van der Waals surface area contributed by atoms with Gasteiger partial charge < -0.3 is 4.74 Å². The van der Waals surface area contributed by atoms with Crippen molar-refractivity contribution in [2.24, 2.45) is 0 Å². The van der Waals surface area contributed by atoms with E-state index in [9.17, 15) is 4.79 Å². The zero-order chi connectivity index (χ0) is 11.4. The van der Waals surface area contributed by atoms with E-state index in [1.165, 1.54) is 0 Å². The number of hydrogen-bond donors (Lipinski definition) is 0. The molecule has 1 aliphatic heterocycles. The Morgan fingerprint density at radius 1 is 1.50 bits per heavy atom. The van der Waals surface area contributed by atoms with E-state index < -0.39 is 0 Å². The van der Waals surface area contributed by atoms with Crippen molar-refractivity contribution in [3.05, 3.63) is 29.3 Å². The Morgan fingerprint density at radius 3 is 3.19 bits per heavy atom. The number of ether oxygens (including phenoxy) is 1. The molecule has 0 saturated heterocycles. The summed E-state index contributed by atoms with van der Waals surface area (Å²) < 4.78 is 5.40. The van der Waals surface area contributed by atoms with Crippen molar-refractivity contribution in [2.75, 3.05) is 6.61 Å². The molecule has 0 unspecified atom stereocenters. The zero-order valence-corrected chi connectivity index (χ0v) is 9.38. The van der Waals surface area contributed by atoms with Gasteiger partial charge in [0.15, 0.2) is 5.78 Å². The van der Waals surface area contributed by atoms with Crippen molar-refractivity contribution < 1.29 is 9.53 Å². The first kappa shape index (κ1) is 10.8. The van der Waals surface area contributed by atoms with Gasteiger partial charge in [-0.25, -0.2) is 0 Å². The van der Waals surface area contributed by atoms with Crippen LogP contribution in [0.3, 0.4) is 0 Å². The molecule has 2 nitrogen and oxygen atoms in total. The summed E-state index contributed by atoms with van der Waals surface area (Å²) in [5, 5.41) is 0. The van der Waals surface area contributed by atoms with Gasteiger partial charge in [0.25, 0.3) is 0 Å². The van der Waals surface area contributed by atoms with Gasteiger partial charge in [0, 0.05) is 24.8 Å². The highest BCUT2D eigenvalue weighted by molar-refractivity contribution is 5.96. The highest BCUT2D eigenvalue weighted by Gasteiger charge is 2.14. The van der Waals surface area contributed by atoms with E-state index in [0.29, 0.717) is 12.8 Å². The molecule has 0 fully saturated rings. The minimum Gasteiger partial charge on any atom is -0.493 e. The third kappa shape index (κ3) is 2.25. The van der Waals surface area contributed by atoms with Gasteiger partial charge in [-0.05, 0) is 30.7 Å². The monoisotopic (exact) mass is 214 g/mol.